The van der Waals surface area contributed by atoms with E-state index in [-0.39, 0.29) is 41.1 Å². The molecule has 170 valence electrons. The zero-order chi connectivity index (χ0) is 23.3. The molecular weight excluding hydrogens is 440 g/mol. The average molecular weight is 464 g/mol. The number of hydrogen-bond donors (Lipinski definition) is 1. The van der Waals surface area contributed by atoms with E-state index in [2.05, 4.69) is 10.1 Å². The molecule has 1 fully saturated rings. The smallest absolute Gasteiger partial charge is 0.387 e. The SMILES string of the molecule is CC(NC(=O)C1CCN(S(=O)(=O)c2ccccc2C#N)CC1)c1cccc(OC(F)F)c1. The van der Waals surface area contributed by atoms with E-state index in [1.807, 2.05) is 6.07 Å². The first kappa shape index (κ1) is 23.6. The van der Waals surface area contributed by atoms with Crippen LogP contribution in [0.2, 0.25) is 0 Å². The van der Waals surface area contributed by atoms with E-state index in [1.54, 1.807) is 31.2 Å². The highest BCUT2D eigenvalue weighted by Crippen LogP contribution is 2.27. The zero-order valence-electron chi connectivity index (χ0n) is 17.4. The standard InChI is InChI=1S/C22H23F2N3O4S/c1-15(17-6-4-7-19(13-17)31-22(23)24)26-21(28)16-9-11-27(12-10-16)32(29,30)20-8-3-2-5-18(20)14-25/h2-8,13,15-16,22H,9-12H2,1H3,(H,26,28). The van der Waals surface area contributed by atoms with Crippen LogP contribution in [0.1, 0.15) is 36.9 Å². The summed E-state index contributed by atoms with van der Waals surface area (Å²) >= 11 is 0. The summed E-state index contributed by atoms with van der Waals surface area (Å²) in [6.45, 7) is -0.882. The number of sulfonamides is 1. The van der Waals surface area contributed by atoms with Crippen LogP contribution < -0.4 is 10.1 Å². The van der Waals surface area contributed by atoms with Gasteiger partial charge in [-0.05, 0) is 49.6 Å². The third-order valence-electron chi connectivity index (χ3n) is 5.39. The van der Waals surface area contributed by atoms with Crippen molar-refractivity contribution >= 4 is 15.9 Å². The van der Waals surface area contributed by atoms with E-state index in [1.165, 1.54) is 28.6 Å². The highest BCUT2D eigenvalue weighted by atomic mass is 32.2. The fraction of sp³-hybridized carbons (Fsp3) is 0.364. The first-order valence-corrected chi connectivity index (χ1v) is 11.5. The number of ether oxygens (including phenoxy) is 1. The minimum absolute atomic E-state index is 0.00904. The number of rotatable bonds is 7. The topological polar surface area (TPSA) is 99.5 Å². The van der Waals surface area contributed by atoms with Crippen LogP contribution in [-0.4, -0.2) is 38.3 Å². The predicted molar refractivity (Wildman–Crippen MR) is 112 cm³/mol. The maximum Gasteiger partial charge on any atom is 0.387 e. The van der Waals surface area contributed by atoms with Gasteiger partial charge in [-0.3, -0.25) is 4.79 Å². The number of benzene rings is 2. The molecule has 1 aliphatic heterocycles. The van der Waals surface area contributed by atoms with E-state index in [0.29, 0.717) is 18.4 Å². The molecule has 32 heavy (non-hydrogen) atoms. The lowest BCUT2D eigenvalue weighted by atomic mass is 9.96. The molecule has 0 radical (unpaired) electrons. The van der Waals surface area contributed by atoms with Crippen LogP contribution in [-0.2, 0) is 14.8 Å². The molecule has 0 aliphatic carbocycles. The van der Waals surface area contributed by atoms with Crippen molar-refractivity contribution < 1.29 is 26.7 Å². The molecule has 1 saturated heterocycles. The fourth-order valence-corrected chi connectivity index (χ4v) is 5.27. The number of halogens is 2. The van der Waals surface area contributed by atoms with Crippen molar-refractivity contribution in [2.75, 3.05) is 13.1 Å². The second kappa shape index (κ2) is 10.1. The van der Waals surface area contributed by atoms with Gasteiger partial charge in [0, 0.05) is 19.0 Å². The molecule has 7 nitrogen and oxygen atoms in total. The van der Waals surface area contributed by atoms with E-state index < -0.39 is 22.7 Å². The van der Waals surface area contributed by atoms with Gasteiger partial charge in [0.2, 0.25) is 15.9 Å². The lowest BCUT2D eigenvalue weighted by molar-refractivity contribution is -0.126. The van der Waals surface area contributed by atoms with E-state index in [9.17, 15) is 27.3 Å². The Morgan fingerprint density at radius 1 is 1.19 bits per heavy atom. The average Bonchev–Trinajstić information content (AvgIpc) is 2.78. The van der Waals surface area contributed by atoms with Crippen molar-refractivity contribution in [3.05, 3.63) is 59.7 Å². The van der Waals surface area contributed by atoms with Gasteiger partial charge in [0.05, 0.1) is 16.5 Å². The number of nitrogens with zero attached hydrogens (tertiary/aromatic N) is 2. The van der Waals surface area contributed by atoms with Crippen molar-refractivity contribution in [1.29, 1.82) is 5.26 Å². The summed E-state index contributed by atoms with van der Waals surface area (Å²) in [5.41, 5.74) is 0.698. The minimum atomic E-state index is -3.83. The Morgan fingerprint density at radius 2 is 1.88 bits per heavy atom. The Kier molecular flexibility index (Phi) is 7.43. The number of carbonyl (C=O) groups is 1. The third kappa shape index (κ3) is 5.41. The number of hydrogen-bond acceptors (Lipinski definition) is 5. The van der Waals surface area contributed by atoms with Gasteiger partial charge in [-0.25, -0.2) is 8.42 Å². The molecule has 0 bridgehead atoms. The number of nitrogens with one attached hydrogen (secondary N) is 1. The molecule has 1 N–H and O–H groups in total. The summed E-state index contributed by atoms with van der Waals surface area (Å²) in [4.78, 5) is 12.7. The summed E-state index contributed by atoms with van der Waals surface area (Å²) in [5.74, 6) is -0.600. The van der Waals surface area contributed by atoms with E-state index >= 15 is 0 Å². The van der Waals surface area contributed by atoms with Crippen LogP contribution in [0.4, 0.5) is 8.78 Å². The molecule has 1 unspecified atom stereocenters. The first-order chi connectivity index (χ1) is 15.2. The van der Waals surface area contributed by atoms with Gasteiger partial charge in [0.1, 0.15) is 11.8 Å². The van der Waals surface area contributed by atoms with Crippen LogP contribution in [0.15, 0.2) is 53.4 Å². The number of alkyl halides is 2. The molecule has 2 aromatic carbocycles. The van der Waals surface area contributed by atoms with E-state index in [4.69, 9.17) is 0 Å². The van der Waals surface area contributed by atoms with Gasteiger partial charge in [0.25, 0.3) is 0 Å². The highest BCUT2D eigenvalue weighted by molar-refractivity contribution is 7.89. The van der Waals surface area contributed by atoms with Crippen molar-refractivity contribution in [3.63, 3.8) is 0 Å². The molecule has 2 aromatic rings. The molecule has 1 atom stereocenters. The molecule has 0 spiro atoms. The summed E-state index contributed by atoms with van der Waals surface area (Å²) in [5, 5.41) is 12.1. The Balaban J connectivity index is 1.60. The maximum absolute atomic E-state index is 12.9. The van der Waals surface area contributed by atoms with Gasteiger partial charge >= 0.3 is 6.61 Å². The van der Waals surface area contributed by atoms with Crippen molar-refractivity contribution in [1.82, 2.24) is 9.62 Å². The summed E-state index contributed by atoms with van der Waals surface area (Å²) in [6.07, 6.45) is 0.669. The van der Waals surface area contributed by atoms with Gasteiger partial charge < -0.3 is 10.1 Å². The van der Waals surface area contributed by atoms with Gasteiger partial charge in [-0.2, -0.15) is 18.3 Å². The van der Waals surface area contributed by atoms with Crippen LogP contribution in [0.5, 0.6) is 5.75 Å². The Hall–Kier alpha value is -3.03. The quantitative estimate of drug-likeness (QED) is 0.678. The van der Waals surface area contributed by atoms with Crippen LogP contribution in [0.3, 0.4) is 0 Å². The molecule has 1 heterocycles. The Morgan fingerprint density at radius 3 is 2.53 bits per heavy atom. The highest BCUT2D eigenvalue weighted by Gasteiger charge is 2.33. The van der Waals surface area contributed by atoms with Crippen molar-refractivity contribution in [2.24, 2.45) is 5.92 Å². The second-order valence-electron chi connectivity index (χ2n) is 7.47. The first-order valence-electron chi connectivity index (χ1n) is 10.1. The maximum atomic E-state index is 12.9. The van der Waals surface area contributed by atoms with Crippen molar-refractivity contribution in [2.45, 2.75) is 37.3 Å². The largest absolute Gasteiger partial charge is 0.435 e. The van der Waals surface area contributed by atoms with E-state index in [0.717, 1.165) is 0 Å². The van der Waals surface area contributed by atoms with Crippen LogP contribution in [0.25, 0.3) is 0 Å². The van der Waals surface area contributed by atoms with Crippen LogP contribution >= 0.6 is 0 Å². The molecule has 3 rings (SSSR count). The van der Waals surface area contributed by atoms with Gasteiger partial charge in [-0.1, -0.05) is 24.3 Å². The normalized spacial score (nSPS) is 16.3. The van der Waals surface area contributed by atoms with Gasteiger partial charge in [0.15, 0.2) is 0 Å². The number of piperidine rings is 1. The second-order valence-corrected chi connectivity index (χ2v) is 9.37. The Bertz CT molecular complexity index is 1110. The van der Waals surface area contributed by atoms with Gasteiger partial charge in [-0.15, -0.1) is 0 Å². The zero-order valence-corrected chi connectivity index (χ0v) is 18.2. The summed E-state index contributed by atoms with van der Waals surface area (Å²) in [7, 11) is -3.83. The summed E-state index contributed by atoms with van der Waals surface area (Å²) < 4.78 is 56.4. The molecule has 1 amide bonds. The lowest BCUT2D eigenvalue weighted by Crippen LogP contribution is -2.43. The Labute approximate surface area is 185 Å². The summed E-state index contributed by atoms with van der Waals surface area (Å²) in [6, 6.07) is 13.6. The predicted octanol–water partition coefficient (Wildman–Crippen LogP) is 3.44. The number of amides is 1. The molecule has 0 aromatic heterocycles. The molecule has 10 heteroatoms. The number of nitriles is 1. The fourth-order valence-electron chi connectivity index (χ4n) is 3.66. The minimum Gasteiger partial charge on any atom is -0.435 e. The molecule has 1 aliphatic rings. The monoisotopic (exact) mass is 463 g/mol. The lowest BCUT2D eigenvalue weighted by Gasteiger charge is -2.31. The van der Waals surface area contributed by atoms with Crippen LogP contribution in [0, 0.1) is 17.2 Å². The van der Waals surface area contributed by atoms with Crippen molar-refractivity contribution in [3.8, 4) is 11.8 Å². The molecular formula is C22H23F2N3O4S. The molecule has 0 saturated carbocycles. The number of carbonyl (C=O) groups excluding carboxylic acids is 1. The third-order valence-corrected chi connectivity index (χ3v) is 7.35.